The number of anilines is 1. The Kier molecular flexibility index (Phi) is 3.89. The number of carbonyl (C=O) groups is 2. The van der Waals surface area contributed by atoms with Gasteiger partial charge >= 0.3 is 0 Å². The largest absolute Gasteiger partial charge is 0.338 e. The molecular formula is C15H16N4O2S. The van der Waals surface area contributed by atoms with Crippen molar-refractivity contribution >= 4 is 28.3 Å². The summed E-state index contributed by atoms with van der Waals surface area (Å²) < 4.78 is 0. The lowest BCUT2D eigenvalue weighted by atomic mass is 9.93. The quantitative estimate of drug-likeness (QED) is 0.940. The molecule has 114 valence electrons. The molecule has 0 bridgehead atoms. The summed E-state index contributed by atoms with van der Waals surface area (Å²) in [6.07, 6.45) is 0.208. The van der Waals surface area contributed by atoms with Crippen LogP contribution in [-0.4, -0.2) is 34.0 Å². The number of aromatic nitrogens is 2. The molecule has 0 radical (unpaired) electrons. The van der Waals surface area contributed by atoms with E-state index in [0.29, 0.717) is 5.13 Å². The number of nitrogens with one attached hydrogen (secondary N) is 1. The fourth-order valence-corrected chi connectivity index (χ4v) is 3.35. The van der Waals surface area contributed by atoms with Crippen LogP contribution in [0.5, 0.6) is 0 Å². The van der Waals surface area contributed by atoms with Gasteiger partial charge in [0.2, 0.25) is 16.9 Å². The van der Waals surface area contributed by atoms with Gasteiger partial charge in [-0.3, -0.25) is 9.59 Å². The van der Waals surface area contributed by atoms with Gasteiger partial charge in [-0.15, -0.1) is 10.2 Å². The summed E-state index contributed by atoms with van der Waals surface area (Å²) in [6.45, 7) is 1.83. The van der Waals surface area contributed by atoms with Gasteiger partial charge in [-0.1, -0.05) is 41.7 Å². The van der Waals surface area contributed by atoms with E-state index in [9.17, 15) is 9.59 Å². The van der Waals surface area contributed by atoms with Crippen molar-refractivity contribution in [2.24, 2.45) is 5.92 Å². The van der Waals surface area contributed by atoms with Gasteiger partial charge in [-0.25, -0.2) is 0 Å². The van der Waals surface area contributed by atoms with Crippen LogP contribution in [0.15, 0.2) is 30.3 Å². The standard InChI is InChI=1S/C15H16N4O2S/c1-9-17-18-15(22-9)16-14(21)11-8-12(20)19(2)13(11)10-6-4-3-5-7-10/h3-7,11,13H,8H2,1-2H3,(H,16,18,21)/t11-,13-/m1/s1. The summed E-state index contributed by atoms with van der Waals surface area (Å²) >= 11 is 1.32. The first-order valence-corrected chi connectivity index (χ1v) is 7.79. The van der Waals surface area contributed by atoms with Gasteiger partial charge in [0.25, 0.3) is 0 Å². The van der Waals surface area contributed by atoms with Crippen molar-refractivity contribution < 1.29 is 9.59 Å². The zero-order valence-corrected chi connectivity index (χ0v) is 13.1. The predicted octanol–water partition coefficient (Wildman–Crippen LogP) is 2.00. The minimum absolute atomic E-state index is 0.0255. The molecule has 0 aliphatic carbocycles. The molecule has 6 nitrogen and oxygen atoms in total. The Balaban J connectivity index is 1.84. The molecule has 1 aromatic heterocycles. The van der Waals surface area contributed by atoms with Gasteiger partial charge < -0.3 is 10.2 Å². The van der Waals surface area contributed by atoms with Crippen molar-refractivity contribution in [2.75, 3.05) is 12.4 Å². The second kappa shape index (κ2) is 5.84. The van der Waals surface area contributed by atoms with Crippen molar-refractivity contribution in [1.82, 2.24) is 15.1 Å². The van der Waals surface area contributed by atoms with E-state index >= 15 is 0 Å². The van der Waals surface area contributed by atoms with Gasteiger partial charge in [-0.05, 0) is 12.5 Å². The van der Waals surface area contributed by atoms with Gasteiger partial charge in [0.15, 0.2) is 0 Å². The average molecular weight is 316 g/mol. The van der Waals surface area contributed by atoms with Crippen LogP contribution >= 0.6 is 11.3 Å². The van der Waals surface area contributed by atoms with E-state index in [2.05, 4.69) is 15.5 Å². The third-order valence-corrected chi connectivity index (χ3v) is 4.57. The smallest absolute Gasteiger partial charge is 0.232 e. The lowest BCUT2D eigenvalue weighted by Gasteiger charge is -2.24. The number of hydrogen-bond donors (Lipinski definition) is 1. The molecule has 22 heavy (non-hydrogen) atoms. The molecule has 1 aliphatic rings. The number of nitrogens with zero attached hydrogens (tertiary/aromatic N) is 3. The molecule has 1 aromatic carbocycles. The fourth-order valence-electron chi connectivity index (χ4n) is 2.76. The van der Waals surface area contributed by atoms with Crippen LogP contribution in [0.3, 0.4) is 0 Å². The highest BCUT2D eigenvalue weighted by atomic mass is 32.1. The van der Waals surface area contributed by atoms with Crippen LogP contribution in [0, 0.1) is 12.8 Å². The maximum atomic E-state index is 12.5. The van der Waals surface area contributed by atoms with E-state index in [1.54, 1.807) is 11.9 Å². The summed E-state index contributed by atoms with van der Waals surface area (Å²) in [4.78, 5) is 26.2. The predicted molar refractivity (Wildman–Crippen MR) is 83.3 cm³/mol. The first-order chi connectivity index (χ1) is 10.6. The molecule has 1 aliphatic heterocycles. The van der Waals surface area contributed by atoms with E-state index in [1.807, 2.05) is 37.3 Å². The molecule has 1 saturated heterocycles. The van der Waals surface area contributed by atoms with Crippen molar-refractivity contribution in [2.45, 2.75) is 19.4 Å². The minimum Gasteiger partial charge on any atom is -0.338 e. The lowest BCUT2D eigenvalue weighted by molar-refractivity contribution is -0.127. The minimum atomic E-state index is -0.427. The summed E-state index contributed by atoms with van der Waals surface area (Å²) in [7, 11) is 1.74. The highest BCUT2D eigenvalue weighted by Gasteiger charge is 2.42. The van der Waals surface area contributed by atoms with Gasteiger partial charge in [0.05, 0.1) is 12.0 Å². The molecule has 7 heteroatoms. The van der Waals surface area contributed by atoms with Crippen LogP contribution in [0.4, 0.5) is 5.13 Å². The Bertz CT molecular complexity index is 701. The van der Waals surface area contributed by atoms with Crippen LogP contribution in [0.1, 0.15) is 23.0 Å². The van der Waals surface area contributed by atoms with E-state index in [0.717, 1.165) is 10.6 Å². The number of benzene rings is 1. The average Bonchev–Trinajstić information content (AvgIpc) is 3.04. The van der Waals surface area contributed by atoms with E-state index in [1.165, 1.54) is 11.3 Å². The SMILES string of the molecule is Cc1nnc(NC(=O)[C@@H]2CC(=O)N(C)[C@@H]2c2ccccc2)s1. The van der Waals surface area contributed by atoms with Crippen molar-refractivity contribution in [3.63, 3.8) is 0 Å². The molecule has 2 atom stereocenters. The van der Waals surface area contributed by atoms with E-state index in [-0.39, 0.29) is 24.3 Å². The van der Waals surface area contributed by atoms with E-state index < -0.39 is 5.92 Å². The molecular weight excluding hydrogens is 300 g/mol. The lowest BCUT2D eigenvalue weighted by Crippen LogP contribution is -2.29. The van der Waals surface area contributed by atoms with Crippen molar-refractivity contribution in [3.8, 4) is 0 Å². The second-order valence-corrected chi connectivity index (χ2v) is 6.47. The Hall–Kier alpha value is -2.28. The third-order valence-electron chi connectivity index (χ3n) is 3.82. The first-order valence-electron chi connectivity index (χ1n) is 6.98. The van der Waals surface area contributed by atoms with E-state index in [4.69, 9.17) is 0 Å². The van der Waals surface area contributed by atoms with Crippen molar-refractivity contribution in [1.29, 1.82) is 0 Å². The molecule has 3 rings (SSSR count). The number of rotatable bonds is 3. The van der Waals surface area contributed by atoms with Crippen LogP contribution in [0.2, 0.25) is 0 Å². The highest BCUT2D eigenvalue weighted by molar-refractivity contribution is 7.15. The zero-order valence-electron chi connectivity index (χ0n) is 12.3. The normalized spacial score (nSPS) is 21.2. The topological polar surface area (TPSA) is 75.2 Å². The molecule has 0 unspecified atom stereocenters. The van der Waals surface area contributed by atoms with Crippen LogP contribution in [-0.2, 0) is 9.59 Å². The van der Waals surface area contributed by atoms with Gasteiger partial charge in [-0.2, -0.15) is 0 Å². The summed E-state index contributed by atoms with van der Waals surface area (Å²) in [6, 6.07) is 9.37. The highest BCUT2D eigenvalue weighted by Crippen LogP contribution is 2.37. The number of amides is 2. The maximum Gasteiger partial charge on any atom is 0.232 e. The fraction of sp³-hybridized carbons (Fsp3) is 0.333. The van der Waals surface area contributed by atoms with Crippen LogP contribution < -0.4 is 5.32 Å². The first kappa shape index (κ1) is 14.6. The summed E-state index contributed by atoms with van der Waals surface area (Å²) in [5, 5.41) is 11.8. The Morgan fingerprint density at radius 1 is 1.32 bits per heavy atom. The summed E-state index contributed by atoms with van der Waals surface area (Å²) in [5.41, 5.74) is 0.962. The molecule has 2 aromatic rings. The Labute approximate surface area is 132 Å². The number of aryl methyl sites for hydroxylation is 1. The van der Waals surface area contributed by atoms with Gasteiger partial charge in [0.1, 0.15) is 5.01 Å². The zero-order chi connectivity index (χ0) is 15.7. The maximum absolute atomic E-state index is 12.5. The Morgan fingerprint density at radius 2 is 2.05 bits per heavy atom. The number of likely N-dealkylation sites (tertiary alicyclic amines) is 1. The van der Waals surface area contributed by atoms with Gasteiger partial charge in [0, 0.05) is 13.5 Å². The summed E-state index contributed by atoms with van der Waals surface area (Å²) in [5.74, 6) is -0.644. The monoisotopic (exact) mass is 316 g/mol. The third kappa shape index (κ3) is 2.71. The molecule has 1 N–H and O–H groups in total. The number of hydrogen-bond acceptors (Lipinski definition) is 5. The molecule has 1 fully saturated rings. The Morgan fingerprint density at radius 3 is 2.68 bits per heavy atom. The van der Waals surface area contributed by atoms with Crippen LogP contribution in [0.25, 0.3) is 0 Å². The second-order valence-electron chi connectivity index (χ2n) is 5.29. The molecule has 2 amide bonds. The molecule has 2 heterocycles. The number of carbonyl (C=O) groups excluding carboxylic acids is 2. The van der Waals surface area contributed by atoms with Crippen molar-refractivity contribution in [3.05, 3.63) is 40.9 Å². The molecule has 0 saturated carbocycles. The molecule has 0 spiro atoms.